The minimum absolute atomic E-state index is 0.595. The van der Waals surface area contributed by atoms with E-state index in [1.807, 2.05) is 0 Å². The molecule has 0 saturated carbocycles. The van der Waals surface area contributed by atoms with Crippen LogP contribution < -0.4 is 0 Å². The van der Waals surface area contributed by atoms with E-state index in [2.05, 4.69) is 62.3 Å². The van der Waals surface area contributed by atoms with Crippen LogP contribution in [0.4, 0.5) is 0 Å². The van der Waals surface area contributed by atoms with E-state index in [0.717, 1.165) is 0 Å². The van der Waals surface area contributed by atoms with E-state index in [0.29, 0.717) is 9.51 Å². The summed E-state index contributed by atoms with van der Waals surface area (Å²) < 4.78 is 1.79. The summed E-state index contributed by atoms with van der Waals surface area (Å²) in [5, 5.41) is 0. The molecule has 0 aliphatic heterocycles. The molecule has 0 aliphatic carbocycles. The van der Waals surface area contributed by atoms with Gasteiger partial charge in [-0.25, -0.2) is 0 Å². The molecule has 0 aromatic rings. The fourth-order valence-electron chi connectivity index (χ4n) is 3.90. The van der Waals surface area contributed by atoms with Crippen molar-refractivity contribution in [1.29, 1.82) is 0 Å². The third-order valence-corrected chi connectivity index (χ3v) is 17.4. The Balaban J connectivity index is 5.02. The molecule has 0 amide bonds. The number of hydrogen-bond donors (Lipinski definition) is 0. The summed E-state index contributed by atoms with van der Waals surface area (Å²) in [5.74, 6) is 0. The molecule has 80 valence electrons. The fraction of sp³-hybridized carbons (Fsp3) is 1.00. The molecular weight excluding hydrogens is 259 g/mol. The predicted molar refractivity (Wildman–Crippen MR) is 64.9 cm³/mol. The Labute approximate surface area is 93.0 Å². The van der Waals surface area contributed by atoms with Crippen LogP contribution >= 0.6 is 0 Å². The molecule has 0 atom stereocenters. The molecule has 0 fully saturated rings. The third kappa shape index (κ3) is 4.27. The van der Waals surface area contributed by atoms with E-state index in [1.54, 1.807) is 0 Å². The maximum absolute atomic E-state index is 2.45. The van der Waals surface area contributed by atoms with Gasteiger partial charge in [-0.2, -0.15) is 0 Å². The van der Waals surface area contributed by atoms with Crippen molar-refractivity contribution in [3.63, 3.8) is 0 Å². The van der Waals surface area contributed by atoms with E-state index in [9.17, 15) is 0 Å². The summed E-state index contributed by atoms with van der Waals surface area (Å²) in [7, 11) is 0. The zero-order chi connectivity index (χ0) is 11.1. The normalized spacial score (nSPS) is 15.2. The van der Waals surface area contributed by atoms with Crippen LogP contribution in [0.3, 0.4) is 0 Å². The van der Waals surface area contributed by atoms with Crippen LogP contribution in [0.15, 0.2) is 0 Å². The number of hydrogen-bond acceptors (Lipinski definition) is 0. The Morgan fingerprint density at radius 2 is 0.615 bits per heavy atom. The Morgan fingerprint density at radius 3 is 0.615 bits per heavy atom. The standard InChI is InChI=1S/3C4H9.In/c3*1-4(2)3;/h3*1-3H3;/q;;;-2. The first-order chi connectivity index (χ1) is 5.37. The van der Waals surface area contributed by atoms with Crippen molar-refractivity contribution in [3.8, 4) is 0 Å². The summed E-state index contributed by atoms with van der Waals surface area (Å²) >= 11 is -1.58. The molecule has 0 radical (unpaired) electrons. The summed E-state index contributed by atoms with van der Waals surface area (Å²) in [6.45, 7) is 22.0. The Bertz CT molecular complexity index is 128. The Morgan fingerprint density at radius 1 is 0.462 bits per heavy atom. The van der Waals surface area contributed by atoms with Crippen molar-refractivity contribution in [3.05, 3.63) is 0 Å². The first-order valence-corrected chi connectivity index (χ1v) is 10.3. The van der Waals surface area contributed by atoms with E-state index < -0.39 is 21.4 Å². The fourth-order valence-corrected chi connectivity index (χ4v) is 26.1. The van der Waals surface area contributed by atoms with Gasteiger partial charge in [-0.05, 0) is 0 Å². The van der Waals surface area contributed by atoms with Gasteiger partial charge in [-0.15, -0.1) is 0 Å². The molecule has 0 rings (SSSR count). The molecule has 0 spiro atoms. The van der Waals surface area contributed by atoms with Crippen molar-refractivity contribution in [1.82, 2.24) is 0 Å². The van der Waals surface area contributed by atoms with Gasteiger partial charge in [0.2, 0.25) is 0 Å². The average molecular weight is 286 g/mol. The molecule has 0 aromatic heterocycles. The molecule has 0 saturated heterocycles. The summed E-state index contributed by atoms with van der Waals surface area (Å²) in [4.78, 5) is 0. The quantitative estimate of drug-likeness (QED) is 0.595. The molecule has 0 nitrogen and oxygen atoms in total. The van der Waals surface area contributed by atoms with Gasteiger partial charge in [0.25, 0.3) is 0 Å². The van der Waals surface area contributed by atoms with E-state index >= 15 is 0 Å². The van der Waals surface area contributed by atoms with Crippen LogP contribution in [0.2, 0.25) is 9.51 Å². The number of rotatable bonds is 0. The second-order valence-electron chi connectivity index (χ2n) is 7.53. The van der Waals surface area contributed by atoms with Crippen LogP contribution in [0.25, 0.3) is 0 Å². The molecule has 13 heavy (non-hydrogen) atoms. The third-order valence-electron chi connectivity index (χ3n) is 2.60. The van der Waals surface area contributed by atoms with Gasteiger partial charge < -0.3 is 0 Å². The second-order valence-corrected chi connectivity index (χ2v) is 24.8. The van der Waals surface area contributed by atoms with E-state index in [4.69, 9.17) is 0 Å². The van der Waals surface area contributed by atoms with Gasteiger partial charge >= 0.3 is 93.3 Å². The first-order valence-electron chi connectivity index (χ1n) is 5.37. The molecule has 0 aliphatic rings. The van der Waals surface area contributed by atoms with Crippen LogP contribution in [-0.2, 0) is 0 Å². The summed E-state index contributed by atoms with van der Waals surface area (Å²) in [5.41, 5.74) is 0. The van der Waals surface area contributed by atoms with Gasteiger partial charge in [0.05, 0.1) is 0 Å². The van der Waals surface area contributed by atoms with Crippen LogP contribution in [0.1, 0.15) is 62.3 Å². The van der Waals surface area contributed by atoms with Crippen molar-refractivity contribution < 1.29 is 0 Å². The van der Waals surface area contributed by atoms with Crippen molar-refractivity contribution in [2.24, 2.45) is 0 Å². The van der Waals surface area contributed by atoms with Gasteiger partial charge in [0.1, 0.15) is 0 Å². The van der Waals surface area contributed by atoms with Gasteiger partial charge in [0.15, 0.2) is 0 Å². The van der Waals surface area contributed by atoms with Crippen LogP contribution in [0.5, 0.6) is 0 Å². The molecule has 0 aromatic carbocycles. The molecule has 0 heterocycles. The zero-order valence-corrected chi connectivity index (χ0v) is 14.4. The monoisotopic (exact) mass is 286 g/mol. The van der Waals surface area contributed by atoms with Crippen molar-refractivity contribution >= 4 is 21.4 Å². The Hall–Kier alpha value is 0.870. The van der Waals surface area contributed by atoms with E-state index in [-0.39, 0.29) is 0 Å². The topological polar surface area (TPSA) is 0 Å². The summed E-state index contributed by atoms with van der Waals surface area (Å²) in [6, 6.07) is 0. The minimum atomic E-state index is -1.58. The van der Waals surface area contributed by atoms with Crippen molar-refractivity contribution in [2.45, 2.75) is 71.8 Å². The average Bonchev–Trinajstić information content (AvgIpc) is 1.44. The predicted octanol–water partition coefficient (Wildman–Crippen LogP) is 4.88. The molecule has 0 N–H and O–H groups in total. The van der Waals surface area contributed by atoms with Crippen LogP contribution in [-0.4, -0.2) is 21.4 Å². The first kappa shape index (κ1) is 13.9. The van der Waals surface area contributed by atoms with Crippen LogP contribution in [0, 0.1) is 0 Å². The van der Waals surface area contributed by atoms with E-state index in [1.165, 1.54) is 0 Å². The van der Waals surface area contributed by atoms with Gasteiger partial charge in [-0.3, -0.25) is 0 Å². The van der Waals surface area contributed by atoms with Gasteiger partial charge in [-0.1, -0.05) is 0 Å². The second kappa shape index (κ2) is 3.79. The van der Waals surface area contributed by atoms with Gasteiger partial charge in [0, 0.05) is 0 Å². The maximum atomic E-state index is 2.45. The molecule has 0 bridgehead atoms. The zero-order valence-electron chi connectivity index (χ0n) is 11.1. The van der Waals surface area contributed by atoms with Crippen molar-refractivity contribution in [2.75, 3.05) is 0 Å². The molecular formula is C12H27In-2. The SMILES string of the molecule is C[C](C)(C)[In-2]([C](C)(C)C)[C](C)(C)C. The molecule has 1 heteroatoms. The molecule has 0 unspecified atom stereocenters. The Kier molecular flexibility index (Phi) is 4.05. The summed E-state index contributed by atoms with van der Waals surface area (Å²) in [6.07, 6.45) is 0.